The number of carbonyl (C=O) groups is 1. The topological polar surface area (TPSA) is 55.1 Å². The lowest BCUT2D eigenvalue weighted by Gasteiger charge is -2.07. The van der Waals surface area contributed by atoms with Gasteiger partial charge in [0.05, 0.1) is 6.20 Å². The van der Waals surface area contributed by atoms with Crippen molar-refractivity contribution < 1.29 is 9.21 Å². The fourth-order valence-electron chi connectivity index (χ4n) is 2.42. The van der Waals surface area contributed by atoms with Gasteiger partial charge in [-0.2, -0.15) is 0 Å². The molecule has 2 aromatic carbocycles. The summed E-state index contributed by atoms with van der Waals surface area (Å²) in [6.45, 7) is 4.08. The highest BCUT2D eigenvalue weighted by Crippen LogP contribution is 2.20. The van der Waals surface area contributed by atoms with Crippen molar-refractivity contribution in [1.82, 2.24) is 4.98 Å². The SMILES string of the molecule is Cc1ccc(NC(=O)CCc2ncc(-c3ccccc3)o2)cc1C. The summed E-state index contributed by atoms with van der Waals surface area (Å²) in [5, 5.41) is 2.91. The second kappa shape index (κ2) is 7.13. The summed E-state index contributed by atoms with van der Waals surface area (Å²) < 4.78 is 5.71. The highest BCUT2D eigenvalue weighted by atomic mass is 16.4. The third-order valence-corrected chi connectivity index (χ3v) is 3.97. The third-order valence-electron chi connectivity index (χ3n) is 3.97. The maximum atomic E-state index is 12.1. The fourth-order valence-corrected chi connectivity index (χ4v) is 2.42. The van der Waals surface area contributed by atoms with E-state index in [2.05, 4.69) is 10.3 Å². The molecule has 3 aromatic rings. The number of rotatable bonds is 5. The molecule has 0 saturated carbocycles. The molecule has 0 aliphatic rings. The van der Waals surface area contributed by atoms with E-state index in [1.807, 2.05) is 62.4 Å². The maximum Gasteiger partial charge on any atom is 0.224 e. The van der Waals surface area contributed by atoms with Crippen molar-refractivity contribution in [2.24, 2.45) is 0 Å². The van der Waals surface area contributed by atoms with Crippen molar-refractivity contribution >= 4 is 11.6 Å². The number of anilines is 1. The number of amides is 1. The standard InChI is InChI=1S/C20H20N2O2/c1-14-8-9-17(12-15(14)2)22-19(23)10-11-20-21-13-18(24-20)16-6-4-3-5-7-16/h3-9,12-13H,10-11H2,1-2H3,(H,22,23). The van der Waals surface area contributed by atoms with Gasteiger partial charge in [-0.05, 0) is 37.1 Å². The summed E-state index contributed by atoms with van der Waals surface area (Å²) in [5.41, 5.74) is 4.17. The zero-order valence-corrected chi connectivity index (χ0v) is 13.9. The molecule has 0 spiro atoms. The molecular weight excluding hydrogens is 300 g/mol. The van der Waals surface area contributed by atoms with E-state index in [4.69, 9.17) is 4.42 Å². The zero-order chi connectivity index (χ0) is 16.9. The van der Waals surface area contributed by atoms with Gasteiger partial charge >= 0.3 is 0 Å². The molecular formula is C20H20N2O2. The van der Waals surface area contributed by atoms with E-state index >= 15 is 0 Å². The van der Waals surface area contributed by atoms with Crippen molar-refractivity contribution in [3.63, 3.8) is 0 Å². The molecule has 1 aromatic heterocycles. The number of hydrogen-bond acceptors (Lipinski definition) is 3. The Bertz CT molecular complexity index is 838. The second-order valence-corrected chi connectivity index (χ2v) is 5.83. The largest absolute Gasteiger partial charge is 0.441 e. The molecule has 3 rings (SSSR count). The maximum absolute atomic E-state index is 12.1. The average molecular weight is 320 g/mol. The lowest BCUT2D eigenvalue weighted by atomic mass is 10.1. The molecule has 0 fully saturated rings. The van der Waals surface area contributed by atoms with Crippen LogP contribution in [-0.2, 0) is 11.2 Å². The Balaban J connectivity index is 1.56. The third kappa shape index (κ3) is 3.90. The van der Waals surface area contributed by atoms with Crippen LogP contribution >= 0.6 is 0 Å². The van der Waals surface area contributed by atoms with E-state index in [9.17, 15) is 4.79 Å². The van der Waals surface area contributed by atoms with E-state index in [1.54, 1.807) is 6.20 Å². The Morgan fingerprint density at radius 2 is 1.88 bits per heavy atom. The van der Waals surface area contributed by atoms with Gasteiger partial charge in [-0.15, -0.1) is 0 Å². The lowest BCUT2D eigenvalue weighted by molar-refractivity contribution is -0.116. The van der Waals surface area contributed by atoms with Crippen molar-refractivity contribution in [3.8, 4) is 11.3 Å². The number of aromatic nitrogens is 1. The molecule has 0 aliphatic carbocycles. The molecule has 0 saturated heterocycles. The summed E-state index contributed by atoms with van der Waals surface area (Å²) in [6, 6.07) is 15.7. The number of carbonyl (C=O) groups excluding carboxylic acids is 1. The van der Waals surface area contributed by atoms with Gasteiger partial charge in [0, 0.05) is 24.1 Å². The molecule has 24 heavy (non-hydrogen) atoms. The first-order valence-corrected chi connectivity index (χ1v) is 7.99. The number of oxazole rings is 1. The Hall–Kier alpha value is -2.88. The van der Waals surface area contributed by atoms with Crippen molar-refractivity contribution in [1.29, 1.82) is 0 Å². The minimum absolute atomic E-state index is 0.0438. The molecule has 0 aliphatic heterocycles. The molecule has 0 bridgehead atoms. The fraction of sp³-hybridized carbons (Fsp3) is 0.200. The van der Waals surface area contributed by atoms with Crippen LogP contribution in [0.2, 0.25) is 0 Å². The quantitative estimate of drug-likeness (QED) is 0.751. The van der Waals surface area contributed by atoms with Gasteiger partial charge in [0.1, 0.15) is 0 Å². The molecule has 4 heteroatoms. The molecule has 1 N–H and O–H groups in total. The summed E-state index contributed by atoms with van der Waals surface area (Å²) >= 11 is 0. The van der Waals surface area contributed by atoms with E-state index in [1.165, 1.54) is 5.56 Å². The van der Waals surface area contributed by atoms with Gasteiger partial charge in [0.15, 0.2) is 11.7 Å². The van der Waals surface area contributed by atoms with Crippen LogP contribution in [-0.4, -0.2) is 10.9 Å². The molecule has 1 heterocycles. The van der Waals surface area contributed by atoms with Crippen molar-refractivity contribution in [2.45, 2.75) is 26.7 Å². The molecule has 0 atom stereocenters. The number of nitrogens with zero attached hydrogens (tertiary/aromatic N) is 1. The minimum Gasteiger partial charge on any atom is -0.441 e. The summed E-state index contributed by atoms with van der Waals surface area (Å²) in [7, 11) is 0. The van der Waals surface area contributed by atoms with Gasteiger partial charge in [0.25, 0.3) is 0 Å². The van der Waals surface area contributed by atoms with E-state index in [0.717, 1.165) is 22.6 Å². The second-order valence-electron chi connectivity index (χ2n) is 5.83. The van der Waals surface area contributed by atoms with Crippen LogP contribution in [0.3, 0.4) is 0 Å². The normalized spacial score (nSPS) is 10.6. The van der Waals surface area contributed by atoms with Crippen LogP contribution in [0, 0.1) is 13.8 Å². The van der Waals surface area contributed by atoms with Crippen LogP contribution in [0.1, 0.15) is 23.4 Å². The lowest BCUT2D eigenvalue weighted by Crippen LogP contribution is -2.12. The van der Waals surface area contributed by atoms with E-state index in [0.29, 0.717) is 18.7 Å². The van der Waals surface area contributed by atoms with Gasteiger partial charge in [0.2, 0.25) is 5.91 Å². The molecule has 0 radical (unpaired) electrons. The van der Waals surface area contributed by atoms with Gasteiger partial charge < -0.3 is 9.73 Å². The number of aryl methyl sites for hydroxylation is 3. The Morgan fingerprint density at radius 1 is 1.08 bits per heavy atom. The average Bonchev–Trinajstić information content (AvgIpc) is 3.06. The first-order valence-electron chi connectivity index (χ1n) is 7.99. The summed E-state index contributed by atoms with van der Waals surface area (Å²) in [4.78, 5) is 16.3. The summed E-state index contributed by atoms with van der Waals surface area (Å²) in [6.07, 6.45) is 2.51. The first kappa shape index (κ1) is 16.0. The monoisotopic (exact) mass is 320 g/mol. The van der Waals surface area contributed by atoms with Crippen LogP contribution in [0.5, 0.6) is 0 Å². The van der Waals surface area contributed by atoms with Crippen LogP contribution < -0.4 is 5.32 Å². The van der Waals surface area contributed by atoms with Crippen LogP contribution in [0.25, 0.3) is 11.3 Å². The predicted octanol–water partition coefficient (Wildman–Crippen LogP) is 4.53. The van der Waals surface area contributed by atoms with Crippen LogP contribution in [0.15, 0.2) is 59.1 Å². The minimum atomic E-state index is -0.0438. The van der Waals surface area contributed by atoms with Gasteiger partial charge in [-0.1, -0.05) is 36.4 Å². The predicted molar refractivity (Wildman–Crippen MR) is 94.8 cm³/mol. The van der Waals surface area contributed by atoms with Crippen LogP contribution in [0.4, 0.5) is 5.69 Å². The first-order chi connectivity index (χ1) is 11.6. The number of hydrogen-bond donors (Lipinski definition) is 1. The van der Waals surface area contributed by atoms with E-state index in [-0.39, 0.29) is 5.91 Å². The Labute approximate surface area is 141 Å². The van der Waals surface area contributed by atoms with Gasteiger partial charge in [-0.3, -0.25) is 4.79 Å². The summed E-state index contributed by atoms with van der Waals surface area (Å²) in [5.74, 6) is 1.25. The molecule has 0 unspecified atom stereocenters. The molecule has 122 valence electrons. The highest BCUT2D eigenvalue weighted by molar-refractivity contribution is 5.90. The number of benzene rings is 2. The van der Waals surface area contributed by atoms with Crippen molar-refractivity contribution in [3.05, 3.63) is 71.7 Å². The number of nitrogens with one attached hydrogen (secondary N) is 1. The molecule has 1 amide bonds. The van der Waals surface area contributed by atoms with Gasteiger partial charge in [-0.25, -0.2) is 4.98 Å². The Kier molecular flexibility index (Phi) is 4.75. The van der Waals surface area contributed by atoms with E-state index < -0.39 is 0 Å². The smallest absolute Gasteiger partial charge is 0.224 e. The highest BCUT2D eigenvalue weighted by Gasteiger charge is 2.09. The Morgan fingerprint density at radius 3 is 2.62 bits per heavy atom. The zero-order valence-electron chi connectivity index (χ0n) is 13.9. The van der Waals surface area contributed by atoms with Crippen molar-refractivity contribution in [2.75, 3.05) is 5.32 Å². The molecule has 4 nitrogen and oxygen atoms in total.